The Labute approximate surface area is 137 Å². The Bertz CT molecular complexity index is 1020. The van der Waals surface area contributed by atoms with Gasteiger partial charge in [0.2, 0.25) is 0 Å². The lowest BCUT2D eigenvalue weighted by Crippen LogP contribution is -2.41. The maximum atomic E-state index is 13.1. The summed E-state index contributed by atoms with van der Waals surface area (Å²) in [5.74, 6) is -1.42. The Hall–Kier alpha value is -2.84. The second-order valence-electron chi connectivity index (χ2n) is 4.91. The molecule has 1 heterocycles. The van der Waals surface area contributed by atoms with Crippen LogP contribution in [-0.4, -0.2) is 19.3 Å². The van der Waals surface area contributed by atoms with Crippen LogP contribution in [0.4, 0.5) is 4.39 Å². The van der Waals surface area contributed by atoms with Gasteiger partial charge in [0.15, 0.2) is 0 Å². The third-order valence-corrected chi connectivity index (χ3v) is 4.48. The van der Waals surface area contributed by atoms with E-state index in [0.29, 0.717) is 5.52 Å². The summed E-state index contributed by atoms with van der Waals surface area (Å²) in [6.45, 7) is 0. The summed E-state index contributed by atoms with van der Waals surface area (Å²) >= 11 is 0. The third-order valence-electron chi connectivity index (χ3n) is 3.24. The predicted molar refractivity (Wildman–Crippen MR) is 85.9 cm³/mol. The van der Waals surface area contributed by atoms with Gasteiger partial charge in [0, 0.05) is 5.39 Å². The highest BCUT2D eigenvalue weighted by Gasteiger charge is 2.17. The fourth-order valence-corrected chi connectivity index (χ4v) is 2.93. The van der Waals surface area contributed by atoms with Crippen molar-refractivity contribution in [3.63, 3.8) is 0 Å². The molecule has 3 rings (SSSR count). The Morgan fingerprint density at radius 1 is 1.00 bits per heavy atom. The Morgan fingerprint density at radius 2 is 1.79 bits per heavy atom. The first kappa shape index (κ1) is 16.0. The highest BCUT2D eigenvalue weighted by atomic mass is 32.2. The molecule has 0 radical (unpaired) electrons. The monoisotopic (exact) mass is 345 g/mol. The first-order valence-corrected chi connectivity index (χ1v) is 8.37. The number of carbonyl (C=O) groups excluding carboxylic acids is 1. The first-order chi connectivity index (χ1) is 11.5. The molecule has 6 nitrogen and oxygen atoms in total. The quantitative estimate of drug-likeness (QED) is 0.708. The lowest BCUT2D eigenvalue weighted by atomic mass is 10.2. The largest absolute Gasteiger partial charge is 0.284 e. The van der Waals surface area contributed by atoms with Crippen molar-refractivity contribution in [1.82, 2.24) is 15.2 Å². The first-order valence-electron chi connectivity index (χ1n) is 6.89. The molecular formula is C16H12FN3O3S. The molecule has 0 atom stereocenters. The fraction of sp³-hybridized carbons (Fsp3) is 0. The minimum absolute atomic E-state index is 0.0515. The normalized spacial score (nSPS) is 11.4. The van der Waals surface area contributed by atoms with Gasteiger partial charge in [-0.05, 0) is 30.3 Å². The Balaban J connectivity index is 1.76. The minimum atomic E-state index is -4.08. The summed E-state index contributed by atoms with van der Waals surface area (Å²) in [7, 11) is -4.08. The molecule has 24 heavy (non-hydrogen) atoms. The van der Waals surface area contributed by atoms with Crippen LogP contribution in [0, 0.1) is 5.82 Å². The van der Waals surface area contributed by atoms with Crippen LogP contribution in [0.15, 0.2) is 65.6 Å². The SMILES string of the molecule is O=C(NNS(=O)(=O)c1cccc(F)c1)c1ccc2ccccc2n1. The maximum absolute atomic E-state index is 13.1. The molecule has 0 aliphatic heterocycles. The number of amides is 1. The van der Waals surface area contributed by atoms with E-state index in [9.17, 15) is 17.6 Å². The van der Waals surface area contributed by atoms with Crippen molar-refractivity contribution in [2.24, 2.45) is 0 Å². The molecule has 2 aromatic carbocycles. The zero-order valence-corrected chi connectivity index (χ0v) is 13.0. The van der Waals surface area contributed by atoms with Gasteiger partial charge in [-0.25, -0.2) is 17.8 Å². The van der Waals surface area contributed by atoms with Crippen molar-refractivity contribution in [1.29, 1.82) is 0 Å². The highest BCUT2D eigenvalue weighted by Crippen LogP contribution is 2.12. The van der Waals surface area contributed by atoms with Crippen LogP contribution in [0.2, 0.25) is 0 Å². The maximum Gasteiger partial charge on any atom is 0.284 e. The van der Waals surface area contributed by atoms with Gasteiger partial charge in [-0.1, -0.05) is 30.3 Å². The number of carbonyl (C=O) groups is 1. The van der Waals surface area contributed by atoms with Gasteiger partial charge in [-0.3, -0.25) is 10.2 Å². The van der Waals surface area contributed by atoms with E-state index >= 15 is 0 Å². The van der Waals surface area contributed by atoms with Gasteiger partial charge in [0.25, 0.3) is 15.9 Å². The van der Waals surface area contributed by atoms with E-state index in [4.69, 9.17) is 0 Å². The molecule has 0 saturated carbocycles. The number of pyridine rings is 1. The standard InChI is InChI=1S/C16H12FN3O3S/c17-12-5-3-6-13(10-12)24(22,23)20-19-16(21)15-9-8-11-4-1-2-7-14(11)18-15/h1-10,20H,(H,19,21). The molecule has 8 heteroatoms. The average Bonchev–Trinajstić information content (AvgIpc) is 2.59. The summed E-state index contributed by atoms with van der Waals surface area (Å²) < 4.78 is 37.2. The molecule has 0 spiro atoms. The number of halogens is 1. The number of aromatic nitrogens is 1. The van der Waals surface area contributed by atoms with Gasteiger partial charge in [0.1, 0.15) is 11.5 Å². The molecule has 1 amide bonds. The van der Waals surface area contributed by atoms with Crippen molar-refractivity contribution < 1.29 is 17.6 Å². The van der Waals surface area contributed by atoms with Crippen LogP contribution in [0.5, 0.6) is 0 Å². The zero-order valence-electron chi connectivity index (χ0n) is 12.2. The highest BCUT2D eigenvalue weighted by molar-refractivity contribution is 7.89. The van der Waals surface area contributed by atoms with Crippen LogP contribution in [-0.2, 0) is 10.0 Å². The molecule has 122 valence electrons. The van der Waals surface area contributed by atoms with Crippen LogP contribution >= 0.6 is 0 Å². The van der Waals surface area contributed by atoms with Crippen LogP contribution in [0.25, 0.3) is 10.9 Å². The van der Waals surface area contributed by atoms with Crippen molar-refractivity contribution >= 4 is 26.8 Å². The molecule has 0 saturated heterocycles. The lowest BCUT2D eigenvalue weighted by molar-refractivity contribution is 0.0940. The van der Waals surface area contributed by atoms with Gasteiger partial charge in [0.05, 0.1) is 10.4 Å². The number of nitrogens with zero attached hydrogens (tertiary/aromatic N) is 1. The van der Waals surface area contributed by atoms with Crippen molar-refractivity contribution in [2.45, 2.75) is 4.90 Å². The number of benzene rings is 2. The molecule has 2 N–H and O–H groups in total. The Morgan fingerprint density at radius 3 is 2.58 bits per heavy atom. The van der Waals surface area contributed by atoms with E-state index in [0.717, 1.165) is 17.5 Å². The van der Waals surface area contributed by atoms with E-state index in [1.165, 1.54) is 18.2 Å². The molecule has 1 aromatic heterocycles. The molecule has 0 aliphatic carbocycles. The molecule has 0 fully saturated rings. The number of para-hydroxylation sites is 1. The van der Waals surface area contributed by atoms with Gasteiger partial charge in [-0.2, -0.15) is 0 Å². The Kier molecular flexibility index (Phi) is 4.24. The number of hydrazine groups is 1. The number of nitrogens with one attached hydrogen (secondary N) is 2. The average molecular weight is 345 g/mol. The summed E-state index contributed by atoms with van der Waals surface area (Å²) in [6.07, 6.45) is 0. The van der Waals surface area contributed by atoms with E-state index in [1.54, 1.807) is 18.2 Å². The molecule has 0 aliphatic rings. The summed E-state index contributed by atoms with van der Waals surface area (Å²) in [4.78, 5) is 17.8. The second-order valence-corrected chi connectivity index (χ2v) is 6.59. The van der Waals surface area contributed by atoms with Crippen molar-refractivity contribution in [3.8, 4) is 0 Å². The van der Waals surface area contributed by atoms with Crippen molar-refractivity contribution in [3.05, 3.63) is 72.2 Å². The van der Waals surface area contributed by atoms with Crippen LogP contribution in [0.3, 0.4) is 0 Å². The van der Waals surface area contributed by atoms with E-state index in [2.05, 4.69) is 10.4 Å². The van der Waals surface area contributed by atoms with Gasteiger partial charge < -0.3 is 0 Å². The summed E-state index contributed by atoms with van der Waals surface area (Å²) in [6, 6.07) is 14.8. The smallest absolute Gasteiger partial charge is 0.272 e. The summed E-state index contributed by atoms with van der Waals surface area (Å²) in [5.41, 5.74) is 2.72. The topological polar surface area (TPSA) is 88.2 Å². The van der Waals surface area contributed by atoms with Crippen LogP contribution in [0.1, 0.15) is 10.5 Å². The van der Waals surface area contributed by atoms with Gasteiger partial charge >= 0.3 is 0 Å². The van der Waals surface area contributed by atoms with Crippen LogP contribution < -0.4 is 10.3 Å². The third kappa shape index (κ3) is 3.39. The summed E-state index contributed by atoms with van der Waals surface area (Å²) in [5, 5.41) is 0.856. The van der Waals surface area contributed by atoms with E-state index < -0.39 is 21.7 Å². The molecule has 0 unspecified atom stereocenters. The lowest BCUT2D eigenvalue weighted by Gasteiger charge is -2.08. The van der Waals surface area contributed by atoms with Crippen molar-refractivity contribution in [2.75, 3.05) is 0 Å². The van der Waals surface area contributed by atoms with E-state index in [-0.39, 0.29) is 10.6 Å². The number of sulfonamides is 1. The molecular weight excluding hydrogens is 333 g/mol. The molecule has 3 aromatic rings. The molecule has 0 bridgehead atoms. The number of hydrogen-bond acceptors (Lipinski definition) is 4. The number of fused-ring (bicyclic) bond motifs is 1. The van der Waals surface area contributed by atoms with E-state index in [1.807, 2.05) is 17.0 Å². The second kappa shape index (κ2) is 6.34. The zero-order chi connectivity index (χ0) is 17.2. The fourth-order valence-electron chi connectivity index (χ4n) is 2.06. The van der Waals surface area contributed by atoms with Gasteiger partial charge in [-0.15, -0.1) is 4.83 Å². The number of rotatable bonds is 4. The number of hydrogen-bond donors (Lipinski definition) is 2. The minimum Gasteiger partial charge on any atom is -0.272 e. The predicted octanol–water partition coefficient (Wildman–Crippen LogP) is 2.00.